The summed E-state index contributed by atoms with van der Waals surface area (Å²) in [4.78, 5) is 13.2. The summed E-state index contributed by atoms with van der Waals surface area (Å²) in [7, 11) is 0.379. The van der Waals surface area contributed by atoms with E-state index in [0.717, 1.165) is 0 Å². The summed E-state index contributed by atoms with van der Waals surface area (Å²) < 4.78 is 25.0. The van der Waals surface area contributed by atoms with Gasteiger partial charge in [-0.05, 0) is 13.0 Å². The summed E-state index contributed by atoms with van der Waals surface area (Å²) in [6.45, 7) is 2.02. The maximum Gasteiger partial charge on any atom is 0.235 e. The van der Waals surface area contributed by atoms with Crippen LogP contribution in [0.5, 0.6) is 0 Å². The highest BCUT2D eigenvalue weighted by molar-refractivity contribution is 7.85. The molecule has 0 fully saturated rings. The summed E-state index contributed by atoms with van der Waals surface area (Å²) >= 11 is 0. The highest BCUT2D eigenvalue weighted by Crippen LogP contribution is 2.09. The lowest BCUT2D eigenvalue weighted by atomic mass is 10.2. The van der Waals surface area contributed by atoms with Gasteiger partial charge in [-0.25, -0.2) is 4.39 Å². The highest BCUT2D eigenvalue weighted by atomic mass is 32.2. The molecule has 0 bridgehead atoms. The Morgan fingerprint density at radius 1 is 1.42 bits per heavy atom. The van der Waals surface area contributed by atoms with E-state index in [1.165, 1.54) is 11.0 Å². The lowest BCUT2D eigenvalue weighted by Crippen LogP contribution is -2.31. The number of amides is 1. The zero-order valence-electron chi connectivity index (χ0n) is 11.1. The number of carbonyl (C=O) groups is 1. The predicted octanol–water partition coefficient (Wildman–Crippen LogP) is 2.11. The Morgan fingerprint density at radius 2 is 2.11 bits per heavy atom. The molecule has 104 valence electrons. The van der Waals surface area contributed by atoms with Crippen LogP contribution in [0.15, 0.2) is 36.4 Å². The van der Waals surface area contributed by atoms with Crippen molar-refractivity contribution in [1.82, 2.24) is 4.90 Å². The Bertz CT molecular complexity index is 488. The number of rotatable bonds is 6. The second-order valence-corrected chi connectivity index (χ2v) is 5.66. The normalized spacial score (nSPS) is 12.6. The fraction of sp³-hybridized carbons (Fsp3) is 0.357. The second-order valence-electron chi connectivity index (χ2n) is 4.16. The van der Waals surface area contributed by atoms with Crippen LogP contribution in [0.4, 0.5) is 4.39 Å². The van der Waals surface area contributed by atoms with Crippen molar-refractivity contribution in [3.8, 4) is 0 Å². The van der Waals surface area contributed by atoms with Crippen molar-refractivity contribution in [3.63, 3.8) is 0 Å². The molecule has 3 nitrogen and oxygen atoms in total. The maximum atomic E-state index is 13.4. The molecule has 19 heavy (non-hydrogen) atoms. The first-order chi connectivity index (χ1) is 9.04. The van der Waals surface area contributed by atoms with E-state index in [0.29, 0.717) is 11.3 Å². The fourth-order valence-electron chi connectivity index (χ4n) is 1.48. The van der Waals surface area contributed by atoms with Crippen LogP contribution < -0.4 is 0 Å². The van der Waals surface area contributed by atoms with Crippen molar-refractivity contribution in [1.29, 1.82) is 0 Å². The lowest BCUT2D eigenvalue weighted by molar-refractivity contribution is -0.127. The zero-order chi connectivity index (χ0) is 14.3. The van der Waals surface area contributed by atoms with E-state index in [9.17, 15) is 13.4 Å². The molecule has 0 spiro atoms. The standard InChI is InChI=1S/C14H18FNO2S/c1-3-4-9-19(18)11-14(17)16(2)10-12-7-5-6-8-13(12)15/h3-8H,9-11H2,1-2H3/b4-3+/t19-/m0/s1. The van der Waals surface area contributed by atoms with Gasteiger partial charge in [-0.15, -0.1) is 0 Å². The molecule has 1 aromatic rings. The van der Waals surface area contributed by atoms with E-state index in [1.54, 1.807) is 37.4 Å². The van der Waals surface area contributed by atoms with Gasteiger partial charge in [0.15, 0.2) is 0 Å². The second kappa shape index (κ2) is 7.84. The topological polar surface area (TPSA) is 37.4 Å². The van der Waals surface area contributed by atoms with Gasteiger partial charge in [0.25, 0.3) is 0 Å². The Balaban J connectivity index is 2.54. The van der Waals surface area contributed by atoms with Gasteiger partial charge in [0, 0.05) is 35.7 Å². The SMILES string of the molecule is C/C=C/C[S@](=O)CC(=O)N(C)Cc1ccccc1F. The number of allylic oxidation sites excluding steroid dienone is 1. The molecular formula is C14H18FNO2S. The molecule has 0 radical (unpaired) electrons. The first-order valence-corrected chi connectivity index (χ1v) is 7.47. The lowest BCUT2D eigenvalue weighted by Gasteiger charge is -2.17. The molecular weight excluding hydrogens is 265 g/mol. The molecule has 0 heterocycles. The van der Waals surface area contributed by atoms with E-state index in [-0.39, 0.29) is 24.0 Å². The third-order valence-electron chi connectivity index (χ3n) is 2.59. The molecule has 0 saturated carbocycles. The van der Waals surface area contributed by atoms with Crippen molar-refractivity contribution in [2.24, 2.45) is 0 Å². The summed E-state index contributed by atoms with van der Waals surface area (Å²) in [6.07, 6.45) is 3.56. The van der Waals surface area contributed by atoms with Crippen molar-refractivity contribution >= 4 is 16.7 Å². The number of carbonyl (C=O) groups excluding carboxylic acids is 1. The Labute approximate surface area is 115 Å². The number of nitrogens with zero attached hydrogens (tertiary/aromatic N) is 1. The third-order valence-corrected chi connectivity index (χ3v) is 3.73. The molecule has 1 aromatic carbocycles. The molecule has 0 aromatic heterocycles. The fourth-order valence-corrected chi connectivity index (χ4v) is 2.50. The maximum absolute atomic E-state index is 13.4. The van der Waals surface area contributed by atoms with Gasteiger partial charge in [0.1, 0.15) is 11.6 Å². The van der Waals surface area contributed by atoms with E-state index >= 15 is 0 Å². The van der Waals surface area contributed by atoms with Crippen molar-refractivity contribution in [2.75, 3.05) is 18.6 Å². The minimum absolute atomic E-state index is 0.0324. The van der Waals surface area contributed by atoms with Crippen molar-refractivity contribution in [2.45, 2.75) is 13.5 Å². The zero-order valence-corrected chi connectivity index (χ0v) is 12.0. The van der Waals surface area contributed by atoms with Gasteiger partial charge in [-0.2, -0.15) is 0 Å². The van der Waals surface area contributed by atoms with Gasteiger partial charge in [-0.3, -0.25) is 9.00 Å². The monoisotopic (exact) mass is 283 g/mol. The molecule has 0 aliphatic heterocycles. The summed E-state index contributed by atoms with van der Waals surface area (Å²) in [6, 6.07) is 6.32. The highest BCUT2D eigenvalue weighted by Gasteiger charge is 2.13. The molecule has 5 heteroatoms. The van der Waals surface area contributed by atoms with Crippen LogP contribution in [-0.2, 0) is 22.1 Å². The first-order valence-electron chi connectivity index (χ1n) is 5.98. The molecule has 0 N–H and O–H groups in total. The molecule has 0 aliphatic carbocycles. The molecule has 1 rings (SSSR count). The van der Waals surface area contributed by atoms with Gasteiger partial charge in [0.2, 0.25) is 5.91 Å². The van der Waals surface area contributed by atoms with E-state index in [4.69, 9.17) is 0 Å². The number of hydrogen-bond acceptors (Lipinski definition) is 2. The average Bonchev–Trinajstić information content (AvgIpc) is 2.38. The van der Waals surface area contributed by atoms with Crippen LogP contribution in [-0.4, -0.2) is 33.6 Å². The van der Waals surface area contributed by atoms with Crippen LogP contribution in [0.25, 0.3) is 0 Å². The molecule has 0 aliphatic rings. The van der Waals surface area contributed by atoms with E-state index < -0.39 is 10.8 Å². The largest absolute Gasteiger partial charge is 0.341 e. The molecule has 0 saturated heterocycles. The van der Waals surface area contributed by atoms with Crippen LogP contribution in [0.2, 0.25) is 0 Å². The van der Waals surface area contributed by atoms with Crippen LogP contribution >= 0.6 is 0 Å². The number of hydrogen-bond donors (Lipinski definition) is 0. The van der Waals surface area contributed by atoms with Gasteiger partial charge < -0.3 is 4.90 Å². The average molecular weight is 283 g/mol. The van der Waals surface area contributed by atoms with Gasteiger partial charge in [0.05, 0.1) is 0 Å². The number of halogens is 1. The number of benzene rings is 1. The van der Waals surface area contributed by atoms with Crippen LogP contribution in [0.1, 0.15) is 12.5 Å². The summed E-state index contributed by atoms with van der Waals surface area (Å²) in [5.41, 5.74) is 0.456. The smallest absolute Gasteiger partial charge is 0.235 e. The van der Waals surface area contributed by atoms with Crippen LogP contribution in [0, 0.1) is 5.82 Å². The third kappa shape index (κ3) is 5.34. The summed E-state index contributed by atoms with van der Waals surface area (Å²) in [5.74, 6) is -0.242. The minimum Gasteiger partial charge on any atom is -0.341 e. The molecule has 1 atom stereocenters. The van der Waals surface area contributed by atoms with E-state index in [1.807, 2.05) is 6.92 Å². The van der Waals surface area contributed by atoms with Crippen molar-refractivity contribution in [3.05, 3.63) is 47.8 Å². The van der Waals surface area contributed by atoms with Crippen LogP contribution in [0.3, 0.4) is 0 Å². The quantitative estimate of drug-likeness (QED) is 0.750. The molecule has 1 amide bonds. The first kappa shape index (κ1) is 15.6. The van der Waals surface area contributed by atoms with E-state index in [2.05, 4.69) is 0 Å². The minimum atomic E-state index is -1.21. The van der Waals surface area contributed by atoms with Gasteiger partial charge in [-0.1, -0.05) is 30.4 Å². The Kier molecular flexibility index (Phi) is 6.42. The Hall–Kier alpha value is -1.49. The van der Waals surface area contributed by atoms with Crippen molar-refractivity contribution < 1.29 is 13.4 Å². The molecule has 0 unspecified atom stereocenters. The predicted molar refractivity (Wildman–Crippen MR) is 75.6 cm³/mol. The van der Waals surface area contributed by atoms with Gasteiger partial charge >= 0.3 is 0 Å². The summed E-state index contributed by atoms with van der Waals surface area (Å²) in [5, 5.41) is 0. The Morgan fingerprint density at radius 3 is 2.74 bits per heavy atom.